The molecule has 1 saturated heterocycles. The first-order valence-electron chi connectivity index (χ1n) is 4.94. The maximum absolute atomic E-state index is 13.6. The lowest BCUT2D eigenvalue weighted by Crippen LogP contribution is -2.44. The molecule has 0 aliphatic carbocycles. The number of alkyl halides is 1. The Labute approximate surface area is 103 Å². The van der Waals surface area contributed by atoms with Gasteiger partial charge in [-0.15, -0.1) is 11.6 Å². The Morgan fingerprint density at radius 3 is 3.12 bits per heavy atom. The Kier molecular flexibility index (Phi) is 3.84. The number of rotatable bonds is 2. The maximum atomic E-state index is 13.6. The van der Waals surface area contributed by atoms with Gasteiger partial charge in [0.05, 0.1) is 23.6 Å². The molecular formula is C10H11Cl2FN2O. The summed E-state index contributed by atoms with van der Waals surface area (Å²) in [5.41, 5.74) is 0. The molecule has 88 valence electrons. The van der Waals surface area contributed by atoms with Gasteiger partial charge >= 0.3 is 0 Å². The molecule has 1 atom stereocenters. The van der Waals surface area contributed by atoms with Gasteiger partial charge in [0.1, 0.15) is 0 Å². The fourth-order valence-electron chi connectivity index (χ4n) is 1.65. The lowest BCUT2D eigenvalue weighted by Gasteiger charge is -2.32. The SMILES string of the molecule is Fc1cc(Cl)cnc1N1CCOC(CCl)C1. The topological polar surface area (TPSA) is 25.4 Å². The zero-order valence-corrected chi connectivity index (χ0v) is 10.0. The van der Waals surface area contributed by atoms with Crippen LogP contribution in [0, 0.1) is 5.82 Å². The molecule has 0 bridgehead atoms. The molecule has 1 aliphatic heterocycles. The van der Waals surface area contributed by atoms with Gasteiger partial charge in [0.2, 0.25) is 0 Å². The summed E-state index contributed by atoms with van der Waals surface area (Å²) < 4.78 is 19.0. The van der Waals surface area contributed by atoms with Gasteiger partial charge in [0.15, 0.2) is 11.6 Å². The molecule has 0 amide bonds. The van der Waals surface area contributed by atoms with Crippen LogP contribution in [-0.2, 0) is 4.74 Å². The Morgan fingerprint density at radius 1 is 1.62 bits per heavy atom. The molecule has 0 aromatic carbocycles. The lowest BCUT2D eigenvalue weighted by atomic mass is 10.3. The van der Waals surface area contributed by atoms with Gasteiger partial charge in [-0.25, -0.2) is 9.37 Å². The molecule has 2 rings (SSSR count). The molecule has 16 heavy (non-hydrogen) atoms. The number of hydrogen-bond donors (Lipinski definition) is 0. The van der Waals surface area contributed by atoms with Crippen molar-refractivity contribution in [3.05, 3.63) is 23.1 Å². The Bertz CT molecular complexity index is 378. The summed E-state index contributed by atoms with van der Waals surface area (Å²) in [6, 6.07) is 1.26. The Balaban J connectivity index is 2.16. The van der Waals surface area contributed by atoms with Crippen molar-refractivity contribution >= 4 is 29.0 Å². The van der Waals surface area contributed by atoms with E-state index < -0.39 is 5.82 Å². The minimum absolute atomic E-state index is 0.0766. The average Bonchev–Trinajstić information content (AvgIpc) is 2.29. The highest BCUT2D eigenvalue weighted by Gasteiger charge is 2.22. The van der Waals surface area contributed by atoms with Crippen molar-refractivity contribution in [3.63, 3.8) is 0 Å². The van der Waals surface area contributed by atoms with Gasteiger partial charge in [-0.3, -0.25) is 0 Å². The van der Waals surface area contributed by atoms with Gasteiger partial charge in [-0.1, -0.05) is 11.6 Å². The van der Waals surface area contributed by atoms with Crippen LogP contribution in [0.3, 0.4) is 0 Å². The van der Waals surface area contributed by atoms with Crippen LogP contribution in [0.1, 0.15) is 0 Å². The summed E-state index contributed by atoms with van der Waals surface area (Å²) in [6.45, 7) is 1.69. The van der Waals surface area contributed by atoms with E-state index >= 15 is 0 Å². The van der Waals surface area contributed by atoms with Crippen molar-refractivity contribution < 1.29 is 9.13 Å². The molecule has 0 spiro atoms. The first-order chi connectivity index (χ1) is 7.70. The van der Waals surface area contributed by atoms with Crippen LogP contribution in [0.25, 0.3) is 0 Å². The molecule has 1 unspecified atom stereocenters. The minimum Gasteiger partial charge on any atom is -0.373 e. The second kappa shape index (κ2) is 5.17. The highest BCUT2D eigenvalue weighted by molar-refractivity contribution is 6.30. The van der Waals surface area contributed by atoms with Gasteiger partial charge in [-0.2, -0.15) is 0 Å². The van der Waals surface area contributed by atoms with Crippen LogP contribution >= 0.6 is 23.2 Å². The van der Waals surface area contributed by atoms with Gasteiger partial charge in [0, 0.05) is 19.3 Å². The molecule has 2 heterocycles. The smallest absolute Gasteiger partial charge is 0.167 e. The lowest BCUT2D eigenvalue weighted by molar-refractivity contribution is 0.0549. The van der Waals surface area contributed by atoms with E-state index in [1.807, 2.05) is 4.90 Å². The zero-order valence-electron chi connectivity index (χ0n) is 8.50. The third-order valence-electron chi connectivity index (χ3n) is 2.40. The number of pyridine rings is 1. The largest absolute Gasteiger partial charge is 0.373 e. The number of aromatic nitrogens is 1. The van der Waals surface area contributed by atoms with Crippen LogP contribution in [0.5, 0.6) is 0 Å². The summed E-state index contributed by atoms with van der Waals surface area (Å²) in [5, 5.41) is 0.295. The summed E-state index contributed by atoms with van der Waals surface area (Å²) in [6.07, 6.45) is 1.36. The highest BCUT2D eigenvalue weighted by atomic mass is 35.5. The fraction of sp³-hybridized carbons (Fsp3) is 0.500. The monoisotopic (exact) mass is 264 g/mol. The number of hydrogen-bond acceptors (Lipinski definition) is 3. The second-order valence-electron chi connectivity index (χ2n) is 3.55. The fourth-order valence-corrected chi connectivity index (χ4v) is 1.98. The van der Waals surface area contributed by atoms with E-state index in [2.05, 4.69) is 4.98 Å². The summed E-state index contributed by atoms with van der Waals surface area (Å²) >= 11 is 11.4. The second-order valence-corrected chi connectivity index (χ2v) is 4.30. The van der Waals surface area contributed by atoms with E-state index in [0.717, 1.165) is 0 Å². The molecule has 1 aromatic rings. The van der Waals surface area contributed by atoms with Gasteiger partial charge < -0.3 is 9.64 Å². The minimum atomic E-state index is -0.414. The van der Waals surface area contributed by atoms with Crippen molar-refractivity contribution in [2.24, 2.45) is 0 Å². The third kappa shape index (κ3) is 2.56. The van der Waals surface area contributed by atoms with E-state index in [1.54, 1.807) is 0 Å². The number of nitrogens with zero attached hydrogens (tertiary/aromatic N) is 2. The first-order valence-corrected chi connectivity index (χ1v) is 5.85. The average molecular weight is 265 g/mol. The quantitative estimate of drug-likeness (QED) is 0.767. The zero-order chi connectivity index (χ0) is 11.5. The first kappa shape index (κ1) is 11.9. The standard InChI is InChI=1S/C10H11Cl2FN2O/c11-4-8-6-15(1-2-16-8)10-9(13)3-7(12)5-14-10/h3,5,8H,1-2,4,6H2. The molecule has 6 heteroatoms. The molecule has 1 aliphatic rings. The highest BCUT2D eigenvalue weighted by Crippen LogP contribution is 2.21. The van der Waals surface area contributed by atoms with Crippen molar-refractivity contribution in [3.8, 4) is 0 Å². The molecule has 0 radical (unpaired) electrons. The number of halogens is 3. The summed E-state index contributed by atoms with van der Waals surface area (Å²) in [7, 11) is 0. The molecule has 1 aromatic heterocycles. The van der Waals surface area contributed by atoms with E-state index in [0.29, 0.717) is 36.4 Å². The Hall–Kier alpha value is -0.580. The molecule has 1 fully saturated rings. The Morgan fingerprint density at radius 2 is 2.44 bits per heavy atom. The number of ether oxygens (including phenoxy) is 1. The normalized spacial score (nSPS) is 21.2. The molecular weight excluding hydrogens is 254 g/mol. The van der Waals surface area contributed by atoms with Crippen molar-refractivity contribution in [2.75, 3.05) is 30.5 Å². The number of morpholine rings is 1. The predicted octanol–water partition coefficient (Wildman–Crippen LogP) is 2.32. The van der Waals surface area contributed by atoms with Crippen LogP contribution in [0.15, 0.2) is 12.3 Å². The van der Waals surface area contributed by atoms with Crippen molar-refractivity contribution in [2.45, 2.75) is 6.10 Å². The van der Waals surface area contributed by atoms with Crippen LogP contribution in [-0.4, -0.2) is 36.7 Å². The van der Waals surface area contributed by atoms with Gasteiger partial charge in [0.25, 0.3) is 0 Å². The molecule has 0 N–H and O–H groups in total. The van der Waals surface area contributed by atoms with Crippen molar-refractivity contribution in [1.29, 1.82) is 0 Å². The number of anilines is 1. The van der Waals surface area contributed by atoms with Crippen molar-refractivity contribution in [1.82, 2.24) is 4.98 Å². The third-order valence-corrected chi connectivity index (χ3v) is 2.95. The predicted molar refractivity (Wildman–Crippen MR) is 61.9 cm³/mol. The van der Waals surface area contributed by atoms with Gasteiger partial charge in [-0.05, 0) is 6.07 Å². The maximum Gasteiger partial charge on any atom is 0.167 e. The van der Waals surface area contributed by atoms with Crippen LogP contribution in [0.2, 0.25) is 5.02 Å². The van der Waals surface area contributed by atoms with E-state index in [-0.39, 0.29) is 6.10 Å². The summed E-state index contributed by atoms with van der Waals surface area (Å²) in [5.74, 6) is 0.289. The van der Waals surface area contributed by atoms with E-state index in [1.165, 1.54) is 12.3 Å². The van der Waals surface area contributed by atoms with Crippen LogP contribution in [0.4, 0.5) is 10.2 Å². The summed E-state index contributed by atoms with van der Waals surface area (Å²) in [4.78, 5) is 5.81. The van der Waals surface area contributed by atoms with Crippen LogP contribution < -0.4 is 4.90 Å². The van der Waals surface area contributed by atoms with E-state index in [4.69, 9.17) is 27.9 Å². The molecule has 0 saturated carbocycles. The van der Waals surface area contributed by atoms with E-state index in [9.17, 15) is 4.39 Å². The molecule has 3 nitrogen and oxygen atoms in total.